The highest BCUT2D eigenvalue weighted by atomic mass is 15.0. The van der Waals surface area contributed by atoms with Crippen molar-refractivity contribution in [1.29, 1.82) is 0 Å². The van der Waals surface area contributed by atoms with Gasteiger partial charge in [-0.2, -0.15) is 0 Å². The van der Waals surface area contributed by atoms with Crippen molar-refractivity contribution >= 4 is 43.5 Å². The fraction of sp³-hybridized carbons (Fsp3) is 0. The van der Waals surface area contributed by atoms with Gasteiger partial charge >= 0.3 is 0 Å². The third-order valence-corrected chi connectivity index (χ3v) is 12.2. The molecule has 0 spiro atoms. The van der Waals surface area contributed by atoms with E-state index in [2.05, 4.69) is 217 Å². The average molecular weight is 803 g/mol. The predicted molar refractivity (Wildman–Crippen MR) is 262 cm³/mol. The van der Waals surface area contributed by atoms with Gasteiger partial charge in [0.25, 0.3) is 0 Å². The molecule has 0 amide bonds. The standard InChI is InChI=1S/C59H38N4/c1-4-15-40(16-5-1)47-23-14-24-51-57(47)50-36-33-45(37-54(50)60-58(51)43-17-6-2-7-18-43)39-27-29-41(30-28-39)52-38-53(62-59(61-52)44-19-8-3-9-20-44)42-31-34-46(35-32-42)63-55-25-12-10-21-48(55)49-22-11-13-26-56(49)63/h1-38H. The maximum Gasteiger partial charge on any atom is 0.160 e. The van der Waals surface area contributed by atoms with Gasteiger partial charge in [0.1, 0.15) is 0 Å². The SMILES string of the molecule is c1ccc(-c2nc(-c3ccc(-c4ccc5c(c4)nc(-c4ccccc4)c4cccc(-c6ccccc6)c45)cc3)cc(-c3ccc(-n4c5ccccc5c5ccccc54)cc3)n2)cc1. The molecule has 3 heterocycles. The summed E-state index contributed by atoms with van der Waals surface area (Å²) in [6, 6.07) is 81.5. The summed E-state index contributed by atoms with van der Waals surface area (Å²) in [6.45, 7) is 0. The minimum absolute atomic E-state index is 0.690. The number of para-hydroxylation sites is 2. The summed E-state index contributed by atoms with van der Waals surface area (Å²) in [5.41, 5.74) is 15.9. The minimum atomic E-state index is 0.690. The van der Waals surface area contributed by atoms with Crippen LogP contribution in [0.1, 0.15) is 0 Å². The van der Waals surface area contributed by atoms with Gasteiger partial charge in [0, 0.05) is 54.9 Å². The van der Waals surface area contributed by atoms with Crippen LogP contribution in [-0.2, 0) is 0 Å². The zero-order chi connectivity index (χ0) is 41.7. The molecule has 0 unspecified atom stereocenters. The quantitative estimate of drug-likeness (QED) is 0.151. The van der Waals surface area contributed by atoms with Crippen LogP contribution in [0.5, 0.6) is 0 Å². The number of nitrogens with zero attached hydrogens (tertiary/aromatic N) is 4. The molecule has 0 aliphatic heterocycles. The van der Waals surface area contributed by atoms with E-state index in [1.54, 1.807) is 0 Å². The Morgan fingerprint density at radius 3 is 1.44 bits per heavy atom. The Morgan fingerprint density at radius 1 is 0.302 bits per heavy atom. The smallest absolute Gasteiger partial charge is 0.160 e. The van der Waals surface area contributed by atoms with Crippen LogP contribution < -0.4 is 0 Å². The highest BCUT2D eigenvalue weighted by Crippen LogP contribution is 2.40. The first-order valence-electron chi connectivity index (χ1n) is 21.4. The van der Waals surface area contributed by atoms with Crippen molar-refractivity contribution in [2.45, 2.75) is 0 Å². The maximum absolute atomic E-state index is 5.36. The summed E-state index contributed by atoms with van der Waals surface area (Å²) < 4.78 is 2.34. The first-order chi connectivity index (χ1) is 31.2. The van der Waals surface area contributed by atoms with Crippen LogP contribution in [0.4, 0.5) is 0 Å². The molecule has 12 aromatic rings. The van der Waals surface area contributed by atoms with Gasteiger partial charge in [-0.25, -0.2) is 15.0 Å². The summed E-state index contributed by atoms with van der Waals surface area (Å²) in [7, 11) is 0. The molecule has 12 rings (SSSR count). The van der Waals surface area contributed by atoms with Crippen molar-refractivity contribution in [3.63, 3.8) is 0 Å². The number of pyridine rings is 1. The van der Waals surface area contributed by atoms with E-state index in [4.69, 9.17) is 15.0 Å². The lowest BCUT2D eigenvalue weighted by Crippen LogP contribution is -1.97. The monoisotopic (exact) mass is 802 g/mol. The molecule has 294 valence electrons. The van der Waals surface area contributed by atoms with Gasteiger partial charge in [-0.05, 0) is 58.7 Å². The van der Waals surface area contributed by atoms with Crippen LogP contribution in [0.25, 0.3) is 117 Å². The number of hydrogen-bond acceptors (Lipinski definition) is 3. The molecule has 0 N–H and O–H groups in total. The van der Waals surface area contributed by atoms with Gasteiger partial charge in [-0.15, -0.1) is 0 Å². The second-order valence-electron chi connectivity index (χ2n) is 16.0. The number of benzene rings is 9. The Balaban J connectivity index is 0.935. The molecule has 3 aromatic heterocycles. The van der Waals surface area contributed by atoms with E-state index < -0.39 is 0 Å². The number of rotatable bonds is 7. The van der Waals surface area contributed by atoms with Gasteiger partial charge in [-0.3, -0.25) is 0 Å². The number of aromatic nitrogens is 4. The van der Waals surface area contributed by atoms with E-state index in [1.807, 2.05) is 18.2 Å². The van der Waals surface area contributed by atoms with Crippen molar-refractivity contribution in [1.82, 2.24) is 19.5 Å². The molecular weight excluding hydrogens is 765 g/mol. The number of hydrogen-bond donors (Lipinski definition) is 0. The first-order valence-corrected chi connectivity index (χ1v) is 21.4. The number of fused-ring (bicyclic) bond motifs is 6. The zero-order valence-corrected chi connectivity index (χ0v) is 34.2. The topological polar surface area (TPSA) is 43.6 Å². The van der Waals surface area contributed by atoms with Crippen LogP contribution in [-0.4, -0.2) is 19.5 Å². The third kappa shape index (κ3) is 6.44. The molecule has 0 radical (unpaired) electrons. The lowest BCUT2D eigenvalue weighted by atomic mass is 9.92. The average Bonchev–Trinajstić information content (AvgIpc) is 3.71. The lowest BCUT2D eigenvalue weighted by Gasteiger charge is -2.15. The maximum atomic E-state index is 5.36. The fourth-order valence-electron chi connectivity index (χ4n) is 9.18. The molecule has 0 aliphatic rings. The van der Waals surface area contributed by atoms with E-state index in [-0.39, 0.29) is 0 Å². The summed E-state index contributed by atoms with van der Waals surface area (Å²) >= 11 is 0. The molecule has 0 aliphatic carbocycles. The summed E-state index contributed by atoms with van der Waals surface area (Å²) in [5, 5.41) is 5.98. The normalized spacial score (nSPS) is 11.5. The molecule has 0 bridgehead atoms. The molecule has 0 fully saturated rings. The lowest BCUT2D eigenvalue weighted by molar-refractivity contribution is 1.17. The van der Waals surface area contributed by atoms with Crippen molar-refractivity contribution in [3.8, 4) is 73.1 Å². The Bertz CT molecular complexity index is 3580. The molecule has 63 heavy (non-hydrogen) atoms. The van der Waals surface area contributed by atoms with Gasteiger partial charge in [0.15, 0.2) is 5.82 Å². The van der Waals surface area contributed by atoms with E-state index in [1.165, 1.54) is 38.3 Å². The van der Waals surface area contributed by atoms with E-state index in [0.29, 0.717) is 5.82 Å². The molecule has 0 saturated heterocycles. The summed E-state index contributed by atoms with van der Waals surface area (Å²) in [4.78, 5) is 15.6. The van der Waals surface area contributed by atoms with Crippen LogP contribution in [0.2, 0.25) is 0 Å². The predicted octanol–water partition coefficient (Wildman–Crippen LogP) is 15.3. The highest BCUT2D eigenvalue weighted by molar-refractivity contribution is 6.17. The van der Waals surface area contributed by atoms with Crippen LogP contribution in [0.15, 0.2) is 231 Å². The minimum Gasteiger partial charge on any atom is -0.309 e. The molecule has 9 aromatic carbocycles. The Morgan fingerprint density at radius 2 is 0.810 bits per heavy atom. The second-order valence-corrected chi connectivity index (χ2v) is 16.0. The van der Waals surface area contributed by atoms with Crippen molar-refractivity contribution in [3.05, 3.63) is 231 Å². The highest BCUT2D eigenvalue weighted by Gasteiger charge is 2.17. The van der Waals surface area contributed by atoms with Crippen LogP contribution in [0, 0.1) is 0 Å². The third-order valence-electron chi connectivity index (χ3n) is 12.2. The van der Waals surface area contributed by atoms with E-state index >= 15 is 0 Å². The summed E-state index contributed by atoms with van der Waals surface area (Å²) in [5.74, 6) is 0.690. The molecule has 0 saturated carbocycles. The van der Waals surface area contributed by atoms with Crippen LogP contribution >= 0.6 is 0 Å². The zero-order valence-electron chi connectivity index (χ0n) is 34.2. The largest absolute Gasteiger partial charge is 0.309 e. The fourth-order valence-corrected chi connectivity index (χ4v) is 9.18. The van der Waals surface area contributed by atoms with Gasteiger partial charge in [0.05, 0.1) is 33.6 Å². The molecular formula is C59H38N4. The van der Waals surface area contributed by atoms with Crippen molar-refractivity contribution in [2.75, 3.05) is 0 Å². The molecule has 4 heteroatoms. The Hall–Kier alpha value is -8.47. The molecule has 4 nitrogen and oxygen atoms in total. The van der Waals surface area contributed by atoms with Crippen molar-refractivity contribution < 1.29 is 0 Å². The van der Waals surface area contributed by atoms with Crippen LogP contribution in [0.3, 0.4) is 0 Å². The van der Waals surface area contributed by atoms with E-state index in [9.17, 15) is 0 Å². The van der Waals surface area contributed by atoms with Gasteiger partial charge < -0.3 is 4.57 Å². The molecule has 0 atom stereocenters. The van der Waals surface area contributed by atoms with E-state index in [0.717, 1.165) is 72.4 Å². The Labute approximate surface area is 365 Å². The van der Waals surface area contributed by atoms with Gasteiger partial charge in [0.2, 0.25) is 0 Å². The Kier molecular flexibility index (Phi) is 8.79. The van der Waals surface area contributed by atoms with Crippen molar-refractivity contribution in [2.24, 2.45) is 0 Å². The first kappa shape index (κ1) is 36.4. The summed E-state index contributed by atoms with van der Waals surface area (Å²) in [6.07, 6.45) is 0. The second kappa shape index (κ2) is 15.2. The van der Waals surface area contributed by atoms with Gasteiger partial charge in [-0.1, -0.05) is 194 Å².